The van der Waals surface area contributed by atoms with E-state index in [1.54, 1.807) is 91.0 Å². The third kappa shape index (κ3) is 12.5. The first-order valence-corrected chi connectivity index (χ1v) is 20.3. The lowest BCUT2D eigenvalue weighted by Gasteiger charge is -2.14. The second-order valence-corrected chi connectivity index (χ2v) is 14.5. The topological polar surface area (TPSA) is 128 Å². The second-order valence-electron chi connectivity index (χ2n) is 13.5. The van der Waals surface area contributed by atoms with Crippen LogP contribution in [-0.4, -0.2) is 31.8 Å². The zero-order valence-electron chi connectivity index (χ0n) is 33.6. The first-order chi connectivity index (χ1) is 28.7. The molecule has 9 nitrogen and oxygen atoms in total. The van der Waals surface area contributed by atoms with E-state index >= 15 is 0 Å². The van der Waals surface area contributed by atoms with Gasteiger partial charge in [-0.25, -0.2) is 9.59 Å². The van der Waals surface area contributed by atoms with Gasteiger partial charge in [-0.15, -0.1) is 11.3 Å². The summed E-state index contributed by atoms with van der Waals surface area (Å²) in [6, 6.07) is 29.4. The number of rotatable bonds is 16. The number of benzene rings is 4. The number of hydrogen-bond donors (Lipinski definition) is 0. The fourth-order valence-electron chi connectivity index (χ4n) is 5.19. The number of hydrogen-bond acceptors (Lipinski definition) is 10. The number of esters is 2. The van der Waals surface area contributed by atoms with Crippen molar-refractivity contribution in [2.24, 2.45) is 5.92 Å². The maximum atomic E-state index is 13.1. The molecule has 0 N–H and O–H groups in total. The van der Waals surface area contributed by atoms with Crippen LogP contribution in [0, 0.1) is 52.3 Å². The molecule has 0 aliphatic rings. The molecule has 0 fully saturated rings. The number of ether oxygens (including phenoxy) is 5. The first-order valence-electron chi connectivity index (χ1n) is 19.5. The van der Waals surface area contributed by atoms with Crippen LogP contribution in [0.25, 0.3) is 0 Å². The van der Waals surface area contributed by atoms with E-state index in [1.165, 1.54) is 0 Å². The van der Waals surface area contributed by atoms with Crippen molar-refractivity contribution in [3.8, 4) is 64.6 Å². The predicted molar refractivity (Wildman–Crippen MR) is 227 cm³/mol. The molecule has 1 aromatic heterocycles. The average Bonchev–Trinajstić information content (AvgIpc) is 3.62. The molecule has 0 spiro atoms. The number of carbonyl (C=O) groups is 2. The fourth-order valence-corrected chi connectivity index (χ4v) is 6.09. The van der Waals surface area contributed by atoms with Gasteiger partial charge in [0.25, 0.3) is 0 Å². The van der Waals surface area contributed by atoms with Gasteiger partial charge in [-0.05, 0) is 122 Å². The Morgan fingerprint density at radius 3 is 1.56 bits per heavy atom. The Morgan fingerprint density at radius 2 is 1.07 bits per heavy atom. The van der Waals surface area contributed by atoms with Crippen LogP contribution in [0.2, 0.25) is 0 Å². The van der Waals surface area contributed by atoms with Crippen LogP contribution in [0.15, 0.2) is 91.0 Å². The van der Waals surface area contributed by atoms with Crippen molar-refractivity contribution in [2.75, 3.05) is 19.8 Å². The van der Waals surface area contributed by atoms with E-state index in [0.29, 0.717) is 86.5 Å². The molecule has 298 valence electrons. The van der Waals surface area contributed by atoms with E-state index < -0.39 is 11.9 Å². The van der Waals surface area contributed by atoms with Gasteiger partial charge in [0, 0.05) is 11.1 Å². The Hall–Kier alpha value is -6.98. The van der Waals surface area contributed by atoms with Crippen molar-refractivity contribution in [1.29, 1.82) is 10.5 Å². The maximum Gasteiger partial charge on any atom is 0.343 e. The van der Waals surface area contributed by atoms with E-state index in [0.717, 1.165) is 43.4 Å². The van der Waals surface area contributed by atoms with Gasteiger partial charge in [0.15, 0.2) is 11.5 Å². The van der Waals surface area contributed by atoms with Crippen LogP contribution in [0.5, 0.6) is 28.7 Å². The fraction of sp³-hybridized carbons (Fsp3) is 0.265. The standard InChI is InChI=1S/C49H44N2O7S/c1-5-8-28-54-44-25-18-38(30-45(44)55-29-9-6-2)49(53)58-41-21-12-36(13-22-41)15-27-47-43(32-51)42(31-50)46(59-47)26-14-35-10-19-40(20-11-35)57-48(52)37-16-23-39(24-17-37)56-33-34(4)7-3/h10-13,16-25,30,34H,5-9,28-29,33H2,1-4H3/t34-/m0/s1. The molecule has 0 bridgehead atoms. The van der Waals surface area contributed by atoms with E-state index in [1.807, 2.05) is 0 Å². The van der Waals surface area contributed by atoms with Gasteiger partial charge in [0.1, 0.15) is 29.4 Å². The van der Waals surface area contributed by atoms with Crippen molar-refractivity contribution >= 4 is 23.3 Å². The summed E-state index contributed by atoms with van der Waals surface area (Å²) in [5, 5.41) is 19.8. The Balaban J connectivity index is 1.22. The number of unbranched alkanes of at least 4 members (excludes halogenated alkanes) is 2. The van der Waals surface area contributed by atoms with E-state index in [9.17, 15) is 20.1 Å². The molecule has 59 heavy (non-hydrogen) atoms. The molecule has 5 aromatic rings. The minimum Gasteiger partial charge on any atom is -0.493 e. The number of thiophene rings is 1. The summed E-state index contributed by atoms with van der Waals surface area (Å²) < 4.78 is 28.7. The van der Waals surface area contributed by atoms with Crippen LogP contribution in [0.3, 0.4) is 0 Å². The second kappa shape index (κ2) is 22.1. The third-order valence-electron chi connectivity index (χ3n) is 8.91. The largest absolute Gasteiger partial charge is 0.493 e. The van der Waals surface area contributed by atoms with Crippen molar-refractivity contribution in [2.45, 2.75) is 59.8 Å². The molecule has 0 saturated heterocycles. The van der Waals surface area contributed by atoms with Crippen LogP contribution in [-0.2, 0) is 0 Å². The van der Waals surface area contributed by atoms with Gasteiger partial charge < -0.3 is 23.7 Å². The zero-order valence-corrected chi connectivity index (χ0v) is 34.4. The highest BCUT2D eigenvalue weighted by molar-refractivity contribution is 7.13. The highest BCUT2D eigenvalue weighted by Gasteiger charge is 2.17. The quantitative estimate of drug-likeness (QED) is 0.0414. The lowest BCUT2D eigenvalue weighted by atomic mass is 10.1. The van der Waals surface area contributed by atoms with Gasteiger partial charge in [0.05, 0.1) is 51.8 Å². The Bertz CT molecular complexity index is 2430. The van der Waals surface area contributed by atoms with Crippen LogP contribution < -0.4 is 23.7 Å². The number of nitriles is 2. The Kier molecular flexibility index (Phi) is 16.2. The zero-order chi connectivity index (χ0) is 42.0. The van der Waals surface area contributed by atoms with E-state index in [4.69, 9.17) is 23.7 Å². The molecule has 0 amide bonds. The van der Waals surface area contributed by atoms with Crippen molar-refractivity contribution in [3.63, 3.8) is 0 Å². The maximum absolute atomic E-state index is 13.1. The minimum absolute atomic E-state index is 0.150. The van der Waals surface area contributed by atoms with Gasteiger partial charge in [-0.2, -0.15) is 10.5 Å². The smallest absolute Gasteiger partial charge is 0.343 e. The summed E-state index contributed by atoms with van der Waals surface area (Å²) in [6.45, 7) is 10.1. The van der Waals surface area contributed by atoms with Crippen molar-refractivity contribution in [1.82, 2.24) is 0 Å². The lowest BCUT2D eigenvalue weighted by Crippen LogP contribution is -2.10. The molecule has 0 aliphatic carbocycles. The molecule has 0 saturated carbocycles. The van der Waals surface area contributed by atoms with Crippen LogP contribution in [0.4, 0.5) is 0 Å². The summed E-state index contributed by atoms with van der Waals surface area (Å²) in [5.74, 6) is 13.9. The third-order valence-corrected chi connectivity index (χ3v) is 9.93. The first kappa shape index (κ1) is 43.1. The van der Waals surface area contributed by atoms with E-state index in [2.05, 4.69) is 63.5 Å². The van der Waals surface area contributed by atoms with Gasteiger partial charge in [0.2, 0.25) is 0 Å². The molecular weight excluding hydrogens is 761 g/mol. The van der Waals surface area contributed by atoms with Gasteiger partial charge in [-0.3, -0.25) is 0 Å². The SMILES string of the molecule is CCCCOc1ccc(C(=O)Oc2ccc(C#Cc3sc(C#Cc4ccc(OC(=O)c5ccc(OC[C@@H](C)CC)cc5)cc4)c(C#N)c3C#N)cc2)cc1OCCCC. The predicted octanol–water partition coefficient (Wildman–Crippen LogP) is 10.5. The molecule has 10 heteroatoms. The number of carbonyl (C=O) groups excluding carboxylic acids is 2. The highest BCUT2D eigenvalue weighted by Crippen LogP contribution is 2.30. The molecule has 0 aliphatic heterocycles. The molecule has 1 atom stereocenters. The van der Waals surface area contributed by atoms with Crippen molar-refractivity contribution < 1.29 is 33.3 Å². The minimum atomic E-state index is -0.543. The molecule has 0 radical (unpaired) electrons. The summed E-state index contributed by atoms with van der Waals surface area (Å²) in [5.41, 5.74) is 2.25. The van der Waals surface area contributed by atoms with E-state index in [-0.39, 0.29) is 11.1 Å². The summed E-state index contributed by atoms with van der Waals surface area (Å²) in [6.07, 6.45) is 4.79. The molecule has 5 rings (SSSR count). The Labute approximate surface area is 350 Å². The number of nitrogens with zero attached hydrogens (tertiary/aromatic N) is 2. The van der Waals surface area contributed by atoms with Crippen LogP contribution >= 0.6 is 11.3 Å². The highest BCUT2D eigenvalue weighted by atomic mass is 32.1. The average molecular weight is 805 g/mol. The lowest BCUT2D eigenvalue weighted by molar-refractivity contribution is 0.0724. The molecule has 4 aromatic carbocycles. The van der Waals surface area contributed by atoms with Gasteiger partial charge >= 0.3 is 11.9 Å². The normalized spacial score (nSPS) is 10.7. The summed E-state index contributed by atoms with van der Waals surface area (Å²) in [4.78, 5) is 26.6. The van der Waals surface area contributed by atoms with Gasteiger partial charge in [-0.1, -0.05) is 58.8 Å². The van der Waals surface area contributed by atoms with Crippen LogP contribution in [0.1, 0.15) is 113 Å². The summed E-state index contributed by atoms with van der Waals surface area (Å²) in [7, 11) is 0. The van der Waals surface area contributed by atoms with Crippen molar-refractivity contribution in [3.05, 3.63) is 134 Å². The molecule has 1 heterocycles. The molecule has 0 unspecified atom stereocenters. The monoisotopic (exact) mass is 804 g/mol. The Morgan fingerprint density at radius 1 is 0.593 bits per heavy atom. The summed E-state index contributed by atoms with van der Waals surface area (Å²) >= 11 is 1.15. The molecular formula is C49H44N2O7S.